The molecule has 1 heteroatoms. The van der Waals surface area contributed by atoms with Gasteiger partial charge in [-0.25, -0.2) is 0 Å². The molecule has 1 nitrogen and oxygen atoms in total. The van der Waals surface area contributed by atoms with Crippen molar-refractivity contribution in [2.45, 2.75) is 6.92 Å². The van der Waals surface area contributed by atoms with Crippen molar-refractivity contribution < 1.29 is 0 Å². The van der Waals surface area contributed by atoms with Crippen molar-refractivity contribution in [2.24, 2.45) is 0 Å². The molecule has 1 rings (SSSR count). The van der Waals surface area contributed by atoms with Crippen LogP contribution in [0, 0.1) is 6.92 Å². The minimum Gasteiger partial charge on any atom is -0.369 e. The molecule has 0 unspecified atom stereocenters. The van der Waals surface area contributed by atoms with Gasteiger partial charge < -0.3 is 6.15 Å². The zero-order valence-electron chi connectivity index (χ0n) is 6.59. The number of rotatable bonds is 1. The monoisotopic (exact) mass is 136 g/mol. The van der Waals surface area contributed by atoms with E-state index in [0.717, 1.165) is 0 Å². The van der Waals surface area contributed by atoms with Crippen molar-refractivity contribution in [2.75, 3.05) is 0 Å². The van der Waals surface area contributed by atoms with Crippen LogP contribution in [0.1, 0.15) is 11.1 Å². The third-order valence-electron chi connectivity index (χ3n) is 1.41. The van der Waals surface area contributed by atoms with Crippen LogP contribution in [0.2, 0.25) is 0 Å². The van der Waals surface area contributed by atoms with Crippen molar-refractivity contribution in [3.05, 3.63) is 42.0 Å². The molecule has 0 saturated heterocycles. The van der Waals surface area contributed by atoms with Crippen LogP contribution in [0.15, 0.2) is 30.8 Å². The van der Waals surface area contributed by atoms with E-state index in [-0.39, 0.29) is 6.15 Å². The summed E-state index contributed by atoms with van der Waals surface area (Å²) >= 11 is 0. The van der Waals surface area contributed by atoms with Gasteiger partial charge in [0.25, 0.3) is 0 Å². The van der Waals surface area contributed by atoms with Gasteiger partial charge >= 0.3 is 0 Å². The predicted octanol–water partition coefficient (Wildman–Crippen LogP) is 3.01. The summed E-state index contributed by atoms with van der Waals surface area (Å²) in [4.78, 5) is 0. The minimum absolute atomic E-state index is 0. The molecule has 54 valence electrons. The lowest BCUT2D eigenvalue weighted by atomic mass is 10.1. The molecule has 0 bridgehead atoms. The zero-order chi connectivity index (χ0) is 6.69. The average molecular weight is 136 g/mol. The molecule has 0 aliphatic heterocycles. The van der Waals surface area contributed by atoms with Gasteiger partial charge in [0, 0.05) is 0 Å². The minimum atomic E-state index is 0. The summed E-state index contributed by atoms with van der Waals surface area (Å²) in [7, 11) is 0. The van der Waals surface area contributed by atoms with E-state index >= 15 is 0 Å². The van der Waals surface area contributed by atoms with Crippen LogP contribution in [0.25, 0.3) is 6.08 Å². The largest absolute Gasteiger partial charge is 0.369 e. The quantitative estimate of drug-likeness (QED) is 0.616. The smallest absolute Gasteiger partial charge is 0.0233 e. The fourth-order valence-corrected chi connectivity index (χ4v) is 0.816. The van der Waals surface area contributed by atoms with Crippen molar-refractivity contribution in [3.63, 3.8) is 0 Å². The average Bonchev–Trinajstić information content (AvgIpc) is 1.89. The summed E-state index contributed by atoms with van der Waals surface area (Å²) in [6, 6.07) is 8.19. The third-order valence-corrected chi connectivity index (χ3v) is 1.41. The Morgan fingerprint density at radius 1 is 1.30 bits per heavy atom. The maximum absolute atomic E-state index is 3.69. The van der Waals surface area contributed by atoms with Crippen LogP contribution in [0.3, 0.4) is 0 Å². The van der Waals surface area contributed by atoms with E-state index in [1.54, 1.807) is 0 Å². The Hall–Kier alpha value is -1.08. The highest BCUT2D eigenvalue weighted by Crippen LogP contribution is 2.06. The summed E-state index contributed by atoms with van der Waals surface area (Å²) in [5.41, 5.74) is 2.50. The van der Waals surface area contributed by atoms with E-state index in [4.69, 9.17) is 0 Å². The maximum Gasteiger partial charge on any atom is -0.0233 e. The van der Waals surface area contributed by atoms with Crippen LogP contribution >= 0.6 is 0 Å². The second-order valence-electron chi connectivity index (χ2n) is 2.06. The normalized spacial score (nSPS) is 8.10. The number of hydrogen-bond donors (Lipinski definition) is 1. The number of quaternary nitrogens is 1. The Morgan fingerprint density at radius 3 is 2.30 bits per heavy atom. The number of benzene rings is 1. The lowest BCUT2D eigenvalue weighted by Crippen LogP contribution is -1.75. The van der Waals surface area contributed by atoms with Crippen LogP contribution in [0.5, 0.6) is 0 Å². The Bertz CT molecular complexity index is 216. The van der Waals surface area contributed by atoms with Gasteiger partial charge in [0.1, 0.15) is 0 Å². The zero-order valence-corrected chi connectivity index (χ0v) is 6.59. The Kier molecular flexibility index (Phi) is 3.44. The van der Waals surface area contributed by atoms with E-state index in [0.29, 0.717) is 0 Å². The summed E-state index contributed by atoms with van der Waals surface area (Å²) in [5.74, 6) is 0. The van der Waals surface area contributed by atoms with E-state index in [2.05, 4.69) is 25.6 Å². The van der Waals surface area contributed by atoms with Gasteiger partial charge in [-0.05, 0) is 18.1 Å². The van der Waals surface area contributed by atoms with Gasteiger partial charge in [-0.3, -0.25) is 0 Å². The van der Waals surface area contributed by atoms with Crippen molar-refractivity contribution in [1.29, 1.82) is 0 Å². The van der Waals surface area contributed by atoms with Crippen LogP contribution in [0.4, 0.5) is 0 Å². The summed E-state index contributed by atoms with van der Waals surface area (Å²) in [5, 5.41) is 0. The Labute approximate surface area is 62.0 Å². The van der Waals surface area contributed by atoms with E-state index < -0.39 is 0 Å². The number of aryl methyl sites for hydroxylation is 1. The summed E-state index contributed by atoms with van der Waals surface area (Å²) < 4.78 is 0. The molecule has 0 amide bonds. The van der Waals surface area contributed by atoms with Crippen molar-refractivity contribution in [3.8, 4) is 0 Å². The molecule has 0 fully saturated rings. The van der Waals surface area contributed by atoms with Crippen LogP contribution < -0.4 is 6.15 Å². The van der Waals surface area contributed by atoms with Gasteiger partial charge in [-0.2, -0.15) is 0 Å². The first-order valence-electron chi connectivity index (χ1n) is 3.02. The predicted molar refractivity (Wildman–Crippen MR) is 47.3 cm³/mol. The first-order valence-corrected chi connectivity index (χ1v) is 3.02. The van der Waals surface area contributed by atoms with Crippen LogP contribution in [-0.2, 0) is 0 Å². The van der Waals surface area contributed by atoms with Gasteiger partial charge in [0.15, 0.2) is 0 Å². The Balaban J connectivity index is 0.000000810. The van der Waals surface area contributed by atoms with Gasteiger partial charge in [-0.1, -0.05) is 36.9 Å². The molecule has 0 aliphatic carbocycles. The third kappa shape index (κ3) is 1.71. The van der Waals surface area contributed by atoms with Gasteiger partial charge in [0.05, 0.1) is 0 Å². The molecule has 0 aliphatic rings. The fraction of sp³-hybridized carbons (Fsp3) is 0.111. The van der Waals surface area contributed by atoms with E-state index in [1.165, 1.54) is 11.1 Å². The van der Waals surface area contributed by atoms with Crippen LogP contribution in [-0.4, -0.2) is 0 Å². The van der Waals surface area contributed by atoms with E-state index in [1.807, 2.05) is 18.2 Å². The lowest BCUT2D eigenvalue weighted by molar-refractivity contribution is 1.45. The molecule has 0 saturated carbocycles. The molecule has 0 atom stereocenters. The molecule has 1 aromatic carbocycles. The second-order valence-corrected chi connectivity index (χ2v) is 2.06. The summed E-state index contributed by atoms with van der Waals surface area (Å²) in [6.45, 7) is 5.77. The Morgan fingerprint density at radius 2 is 1.90 bits per heavy atom. The molecule has 4 N–H and O–H groups in total. The second kappa shape index (κ2) is 3.85. The highest BCUT2D eigenvalue weighted by atomic mass is 14.0. The maximum atomic E-state index is 3.69. The first-order chi connectivity index (χ1) is 4.34. The number of hydrogen-bond acceptors (Lipinski definition) is 0. The molecule has 0 aromatic heterocycles. The van der Waals surface area contributed by atoms with Gasteiger partial charge in [0.2, 0.25) is 0 Å². The van der Waals surface area contributed by atoms with Gasteiger partial charge in [-0.15, -0.1) is 0 Å². The molecule has 0 spiro atoms. The standard InChI is InChI=1S/C9H10.H3N/c1-3-9-7-5-4-6-8(9)2;/h3-7H,1H2,2H3;1H3/p+1. The van der Waals surface area contributed by atoms with Crippen molar-refractivity contribution >= 4 is 6.08 Å². The molecular weight excluding hydrogens is 122 g/mol. The molecule has 0 radical (unpaired) electrons. The first kappa shape index (κ1) is 8.92. The highest BCUT2D eigenvalue weighted by molar-refractivity contribution is 5.50. The van der Waals surface area contributed by atoms with Crippen molar-refractivity contribution in [1.82, 2.24) is 6.15 Å². The fourth-order valence-electron chi connectivity index (χ4n) is 0.816. The van der Waals surface area contributed by atoms with E-state index in [9.17, 15) is 0 Å². The highest BCUT2D eigenvalue weighted by Gasteiger charge is 1.86. The molecular formula is C9H14N+. The SMILES string of the molecule is C=Cc1ccccc1C.[NH4+]. The lowest BCUT2D eigenvalue weighted by Gasteiger charge is -1.95. The molecule has 1 aromatic rings. The summed E-state index contributed by atoms with van der Waals surface area (Å²) in [6.07, 6.45) is 1.87. The molecule has 10 heavy (non-hydrogen) atoms. The topological polar surface area (TPSA) is 36.5 Å². The molecule has 0 heterocycles.